The molecule has 0 N–H and O–H groups in total. The number of hydrogen-bond donors (Lipinski definition) is 0. The van der Waals surface area contributed by atoms with Crippen molar-refractivity contribution in [3.63, 3.8) is 0 Å². The van der Waals surface area contributed by atoms with Gasteiger partial charge in [0.15, 0.2) is 6.29 Å². The summed E-state index contributed by atoms with van der Waals surface area (Å²) in [7, 11) is 0. The summed E-state index contributed by atoms with van der Waals surface area (Å²) in [5, 5.41) is 0. The summed E-state index contributed by atoms with van der Waals surface area (Å²) < 4.78 is 5.38. The molecule has 2 rings (SSSR count). The summed E-state index contributed by atoms with van der Waals surface area (Å²) in [6.07, 6.45) is 2.62. The van der Waals surface area contributed by atoms with E-state index < -0.39 is 0 Å². The van der Waals surface area contributed by atoms with Crippen molar-refractivity contribution in [2.24, 2.45) is 0 Å². The summed E-state index contributed by atoms with van der Waals surface area (Å²) >= 11 is 0. The molecule has 1 aromatic carbocycles. The van der Waals surface area contributed by atoms with Crippen LogP contribution in [0.1, 0.15) is 23.0 Å². The number of carbonyl (C=O) groups is 1. The lowest BCUT2D eigenvalue weighted by atomic mass is 10.0. The fraction of sp³-hybridized carbons (Fsp3) is 0.200. The average Bonchev–Trinajstić information content (AvgIpc) is 2.40. The molecule has 0 unspecified atom stereocenters. The van der Waals surface area contributed by atoms with Gasteiger partial charge in [-0.15, -0.1) is 0 Å². The summed E-state index contributed by atoms with van der Waals surface area (Å²) in [6.45, 7) is 4.44. The zero-order chi connectivity index (χ0) is 13.0. The summed E-state index contributed by atoms with van der Waals surface area (Å²) in [5.74, 6) is 0.712. The first-order valence-corrected chi connectivity index (χ1v) is 5.89. The molecule has 1 heterocycles. The Balaban J connectivity index is 2.44. The molecule has 3 heteroatoms. The Morgan fingerprint density at radius 3 is 2.72 bits per heavy atom. The fourth-order valence-corrected chi connectivity index (χ4v) is 1.78. The Bertz CT molecular complexity index is 547. The molecular formula is C15H15NO2. The quantitative estimate of drug-likeness (QED) is 0.771. The molecule has 0 atom stereocenters. The normalized spacial score (nSPS) is 10.1. The highest BCUT2D eigenvalue weighted by Gasteiger charge is 2.06. The number of ether oxygens (including phenoxy) is 1. The third-order valence-corrected chi connectivity index (χ3v) is 2.68. The smallest absolute Gasteiger partial charge is 0.150 e. The van der Waals surface area contributed by atoms with Crippen LogP contribution in [0.3, 0.4) is 0 Å². The molecule has 0 aliphatic heterocycles. The third kappa shape index (κ3) is 2.56. The van der Waals surface area contributed by atoms with Crippen molar-refractivity contribution in [1.29, 1.82) is 0 Å². The van der Waals surface area contributed by atoms with E-state index in [1.54, 1.807) is 12.3 Å². The van der Waals surface area contributed by atoms with Gasteiger partial charge in [-0.05, 0) is 43.7 Å². The molecule has 0 aliphatic rings. The van der Waals surface area contributed by atoms with Crippen molar-refractivity contribution >= 4 is 6.29 Å². The molecule has 0 saturated heterocycles. The van der Waals surface area contributed by atoms with Gasteiger partial charge in [-0.25, -0.2) is 0 Å². The molecule has 0 amide bonds. The van der Waals surface area contributed by atoms with Crippen LogP contribution in [0.5, 0.6) is 5.75 Å². The Morgan fingerprint density at radius 2 is 2.11 bits per heavy atom. The van der Waals surface area contributed by atoms with Crippen LogP contribution in [-0.4, -0.2) is 17.9 Å². The molecule has 18 heavy (non-hydrogen) atoms. The SMILES string of the molecule is CCOc1ccc(-c2ccc(C)nc2)c(C=O)c1. The predicted molar refractivity (Wildman–Crippen MR) is 71.0 cm³/mol. The van der Waals surface area contributed by atoms with Gasteiger partial charge in [-0.2, -0.15) is 0 Å². The lowest BCUT2D eigenvalue weighted by Crippen LogP contribution is -1.94. The lowest BCUT2D eigenvalue weighted by Gasteiger charge is -2.08. The van der Waals surface area contributed by atoms with Crippen LogP contribution in [0, 0.1) is 6.92 Å². The predicted octanol–water partition coefficient (Wildman–Crippen LogP) is 3.27. The maximum absolute atomic E-state index is 11.1. The van der Waals surface area contributed by atoms with Gasteiger partial charge in [0.25, 0.3) is 0 Å². The molecule has 3 nitrogen and oxygen atoms in total. The summed E-state index contributed by atoms with van der Waals surface area (Å²) in [6, 6.07) is 9.41. The van der Waals surface area contributed by atoms with E-state index in [-0.39, 0.29) is 0 Å². The van der Waals surface area contributed by atoms with Gasteiger partial charge in [-0.3, -0.25) is 9.78 Å². The maximum Gasteiger partial charge on any atom is 0.150 e. The second kappa shape index (κ2) is 5.45. The van der Waals surface area contributed by atoms with E-state index in [2.05, 4.69) is 4.98 Å². The van der Waals surface area contributed by atoms with Gasteiger partial charge in [0.05, 0.1) is 6.61 Å². The number of aromatic nitrogens is 1. The highest BCUT2D eigenvalue weighted by atomic mass is 16.5. The molecular weight excluding hydrogens is 226 g/mol. The van der Waals surface area contributed by atoms with Crippen molar-refractivity contribution in [3.05, 3.63) is 47.8 Å². The molecule has 0 saturated carbocycles. The Kier molecular flexibility index (Phi) is 3.72. The lowest BCUT2D eigenvalue weighted by molar-refractivity contribution is 0.112. The highest BCUT2D eigenvalue weighted by molar-refractivity contribution is 5.88. The number of carbonyl (C=O) groups excluding carboxylic acids is 1. The van der Waals surface area contributed by atoms with Gasteiger partial charge in [0, 0.05) is 23.0 Å². The molecule has 1 aromatic heterocycles. The van der Waals surface area contributed by atoms with Crippen molar-refractivity contribution in [3.8, 4) is 16.9 Å². The molecule has 0 radical (unpaired) electrons. The second-order valence-corrected chi connectivity index (χ2v) is 3.99. The first-order valence-electron chi connectivity index (χ1n) is 5.89. The van der Waals surface area contributed by atoms with Crippen LogP contribution in [0.2, 0.25) is 0 Å². The molecule has 0 spiro atoms. The first-order chi connectivity index (χ1) is 8.74. The Hall–Kier alpha value is -2.16. The summed E-state index contributed by atoms with van der Waals surface area (Å²) in [4.78, 5) is 15.4. The third-order valence-electron chi connectivity index (χ3n) is 2.68. The number of aldehydes is 1. The van der Waals surface area contributed by atoms with Gasteiger partial charge < -0.3 is 4.74 Å². The van der Waals surface area contributed by atoms with Crippen LogP contribution in [0.4, 0.5) is 0 Å². The highest BCUT2D eigenvalue weighted by Crippen LogP contribution is 2.26. The number of rotatable bonds is 4. The average molecular weight is 241 g/mol. The monoisotopic (exact) mass is 241 g/mol. The Morgan fingerprint density at radius 1 is 1.28 bits per heavy atom. The fourth-order valence-electron chi connectivity index (χ4n) is 1.78. The number of hydrogen-bond acceptors (Lipinski definition) is 3. The van der Waals surface area contributed by atoms with Gasteiger partial charge in [-0.1, -0.05) is 6.07 Å². The van der Waals surface area contributed by atoms with E-state index in [0.717, 1.165) is 23.1 Å². The van der Waals surface area contributed by atoms with Crippen LogP contribution >= 0.6 is 0 Å². The van der Waals surface area contributed by atoms with Crippen molar-refractivity contribution < 1.29 is 9.53 Å². The van der Waals surface area contributed by atoms with Crippen molar-refractivity contribution in [2.75, 3.05) is 6.61 Å². The van der Waals surface area contributed by atoms with Crippen LogP contribution in [-0.2, 0) is 0 Å². The van der Waals surface area contributed by atoms with E-state index in [1.165, 1.54) is 0 Å². The van der Waals surface area contributed by atoms with Crippen LogP contribution in [0.15, 0.2) is 36.5 Å². The van der Waals surface area contributed by atoms with E-state index >= 15 is 0 Å². The van der Waals surface area contributed by atoms with Gasteiger partial charge in [0.2, 0.25) is 0 Å². The number of aryl methyl sites for hydroxylation is 1. The largest absolute Gasteiger partial charge is 0.494 e. The standard InChI is InChI=1S/C15H15NO2/c1-3-18-14-6-7-15(13(8-14)10-17)12-5-4-11(2)16-9-12/h4-10H,3H2,1-2H3. The molecule has 0 fully saturated rings. The van der Waals surface area contributed by atoms with E-state index in [9.17, 15) is 4.79 Å². The molecule has 0 aliphatic carbocycles. The summed E-state index contributed by atoms with van der Waals surface area (Å²) in [5.41, 5.74) is 3.38. The molecule has 92 valence electrons. The van der Waals surface area contributed by atoms with E-state index in [0.29, 0.717) is 17.9 Å². The molecule has 2 aromatic rings. The molecule has 0 bridgehead atoms. The number of nitrogens with zero attached hydrogens (tertiary/aromatic N) is 1. The second-order valence-electron chi connectivity index (χ2n) is 3.99. The number of benzene rings is 1. The van der Waals surface area contributed by atoms with Crippen molar-refractivity contribution in [1.82, 2.24) is 4.98 Å². The van der Waals surface area contributed by atoms with E-state index in [4.69, 9.17) is 4.74 Å². The first kappa shape index (κ1) is 12.3. The van der Waals surface area contributed by atoms with Crippen LogP contribution in [0.25, 0.3) is 11.1 Å². The zero-order valence-electron chi connectivity index (χ0n) is 10.5. The number of pyridine rings is 1. The topological polar surface area (TPSA) is 39.2 Å². The minimum Gasteiger partial charge on any atom is -0.494 e. The van der Waals surface area contributed by atoms with Crippen LogP contribution < -0.4 is 4.74 Å². The van der Waals surface area contributed by atoms with E-state index in [1.807, 2.05) is 38.1 Å². The van der Waals surface area contributed by atoms with Gasteiger partial charge >= 0.3 is 0 Å². The van der Waals surface area contributed by atoms with Crippen molar-refractivity contribution in [2.45, 2.75) is 13.8 Å². The Labute approximate surface area is 106 Å². The zero-order valence-corrected chi connectivity index (χ0v) is 10.5. The minimum atomic E-state index is 0.587. The van der Waals surface area contributed by atoms with Gasteiger partial charge in [0.1, 0.15) is 5.75 Å². The maximum atomic E-state index is 11.1. The minimum absolute atomic E-state index is 0.587.